The maximum Gasteiger partial charge on any atom is 0.461 e. The number of nitrogens with one attached hydrogen (secondary N) is 2. The second-order valence-corrected chi connectivity index (χ2v) is 11.0. The number of amides is 2. The lowest BCUT2D eigenvalue weighted by Gasteiger charge is -2.36. The Bertz CT molecular complexity index is 1380. The summed E-state index contributed by atoms with van der Waals surface area (Å²) in [5.41, 5.74) is 0.881. The first-order valence-corrected chi connectivity index (χ1v) is 15.4. The number of esters is 1. The van der Waals surface area contributed by atoms with Crippen molar-refractivity contribution < 1.29 is 36.6 Å². The zero-order valence-corrected chi connectivity index (χ0v) is 25.5. The summed E-state index contributed by atoms with van der Waals surface area (Å²) in [6.45, 7) is 1.93. The van der Waals surface area contributed by atoms with Gasteiger partial charge in [-0.3, -0.25) is 9.78 Å². The molecule has 0 aliphatic heterocycles. The number of pyridine rings is 1. The third-order valence-electron chi connectivity index (χ3n) is 7.31. The van der Waals surface area contributed by atoms with Gasteiger partial charge in [0.15, 0.2) is 0 Å². The number of nitrogens with zero attached hydrogens (tertiary/aromatic N) is 1. The lowest BCUT2D eigenvalue weighted by atomic mass is 9.80. The molecule has 2 amide bonds. The van der Waals surface area contributed by atoms with Gasteiger partial charge in [-0.25, -0.2) is 4.79 Å². The Labute approximate surface area is 260 Å². The number of ether oxygens (including phenoxy) is 2. The minimum absolute atomic E-state index is 0.124. The molecule has 3 aromatic rings. The largest absolute Gasteiger partial charge is 0.466 e. The third-order valence-corrected chi connectivity index (χ3v) is 8.19. The van der Waals surface area contributed by atoms with E-state index in [1.807, 2.05) is 36.4 Å². The topological polar surface area (TPSA) is 89.5 Å². The normalized spacial score (nSPS) is 18.1. The number of alkyl halides is 5. The molecular weight excluding hydrogens is 681 g/mol. The highest BCUT2D eigenvalue weighted by atomic mass is 127. The van der Waals surface area contributed by atoms with Crippen molar-refractivity contribution in [1.82, 2.24) is 15.6 Å². The van der Waals surface area contributed by atoms with Gasteiger partial charge < -0.3 is 20.1 Å². The minimum atomic E-state index is -4.73. The molecule has 2 aromatic carbocycles. The Balaban J connectivity index is 1.79. The van der Waals surface area contributed by atoms with Gasteiger partial charge in [0.1, 0.15) is 11.3 Å². The molecule has 1 saturated carbocycles. The molecule has 0 unspecified atom stereocenters. The SMILES string of the molecule is CCOC(=O)[C@H]1CCC[C@H]1NC(=O)N[C@@](Cc1ccccc1)(c1cccc(OC(F)(F)C(F)F)c1)c1ccc(CI)cn1. The summed E-state index contributed by atoms with van der Waals surface area (Å²) in [7, 11) is 0. The van der Waals surface area contributed by atoms with Crippen LogP contribution in [0.15, 0.2) is 72.9 Å². The Morgan fingerprint density at radius 1 is 1.05 bits per heavy atom. The molecule has 0 spiro atoms. The fourth-order valence-electron chi connectivity index (χ4n) is 5.27. The lowest BCUT2D eigenvalue weighted by molar-refractivity contribution is -0.253. The smallest absolute Gasteiger partial charge is 0.461 e. The molecule has 3 atom stereocenters. The second-order valence-electron chi connectivity index (χ2n) is 10.2. The fourth-order valence-corrected chi connectivity index (χ4v) is 5.72. The van der Waals surface area contributed by atoms with Crippen LogP contribution in [0, 0.1) is 5.92 Å². The van der Waals surface area contributed by atoms with E-state index in [1.165, 1.54) is 12.1 Å². The molecule has 43 heavy (non-hydrogen) atoms. The van der Waals surface area contributed by atoms with Gasteiger partial charge in [0.2, 0.25) is 0 Å². The van der Waals surface area contributed by atoms with Crippen LogP contribution in [0.25, 0.3) is 0 Å². The van der Waals surface area contributed by atoms with E-state index in [2.05, 4.69) is 42.9 Å². The first-order valence-electron chi connectivity index (χ1n) is 13.8. The Morgan fingerprint density at radius 3 is 2.47 bits per heavy atom. The van der Waals surface area contributed by atoms with Crippen LogP contribution in [-0.2, 0) is 25.9 Å². The average Bonchev–Trinajstić information content (AvgIpc) is 3.45. The summed E-state index contributed by atoms with van der Waals surface area (Å²) < 4.78 is 64.0. The maximum absolute atomic E-state index is 13.9. The molecule has 0 radical (unpaired) electrons. The summed E-state index contributed by atoms with van der Waals surface area (Å²) >= 11 is 2.19. The molecule has 4 rings (SSSR count). The summed E-state index contributed by atoms with van der Waals surface area (Å²) in [6.07, 6.45) is -5.14. The van der Waals surface area contributed by atoms with E-state index in [9.17, 15) is 27.2 Å². The molecule has 7 nitrogen and oxygen atoms in total. The number of aromatic nitrogens is 1. The predicted octanol–water partition coefficient (Wildman–Crippen LogP) is 6.77. The zero-order chi connectivity index (χ0) is 31.0. The first kappa shape index (κ1) is 32.5. The first-order chi connectivity index (χ1) is 20.6. The van der Waals surface area contributed by atoms with Crippen LogP contribution in [0.4, 0.5) is 22.4 Å². The summed E-state index contributed by atoms with van der Waals surface area (Å²) in [5, 5.41) is 5.93. The highest BCUT2D eigenvalue weighted by Crippen LogP contribution is 2.37. The molecule has 1 aliphatic carbocycles. The van der Waals surface area contributed by atoms with Gasteiger partial charge in [-0.15, -0.1) is 0 Å². The molecule has 12 heteroatoms. The number of urea groups is 1. The molecule has 230 valence electrons. The highest BCUT2D eigenvalue weighted by Gasteiger charge is 2.45. The van der Waals surface area contributed by atoms with E-state index in [4.69, 9.17) is 4.74 Å². The van der Waals surface area contributed by atoms with E-state index in [1.54, 1.807) is 25.3 Å². The van der Waals surface area contributed by atoms with Crippen LogP contribution in [0.3, 0.4) is 0 Å². The lowest BCUT2D eigenvalue weighted by Crippen LogP contribution is -2.55. The standard InChI is InChI=1S/C31H32F4IN3O4/c1-2-42-27(40)24-12-7-13-25(24)38-29(41)39-30(17-20-8-4-3-5-9-20,26-15-14-21(18-36)19-37-26)22-10-6-11-23(16-22)43-31(34,35)28(32)33/h3-6,8-11,14-16,19,24-25,28H,2,7,12-13,17-18H2,1H3,(H2,38,39,41)/t24-,25+,30-/m0/s1. The Morgan fingerprint density at radius 2 is 1.81 bits per heavy atom. The number of rotatable bonds is 12. The van der Waals surface area contributed by atoms with Crippen LogP contribution in [0.2, 0.25) is 0 Å². The summed E-state index contributed by atoms with van der Waals surface area (Å²) in [6, 6.07) is 16.9. The van der Waals surface area contributed by atoms with Crippen LogP contribution >= 0.6 is 22.6 Å². The van der Waals surface area contributed by atoms with E-state index < -0.39 is 41.8 Å². The van der Waals surface area contributed by atoms with Crippen molar-refractivity contribution in [2.45, 2.75) is 61.1 Å². The van der Waals surface area contributed by atoms with Crippen molar-refractivity contribution in [2.75, 3.05) is 6.61 Å². The summed E-state index contributed by atoms with van der Waals surface area (Å²) in [5.74, 6) is -1.41. The van der Waals surface area contributed by atoms with Crippen LogP contribution < -0.4 is 15.4 Å². The van der Waals surface area contributed by atoms with Gasteiger partial charge in [0.25, 0.3) is 0 Å². The maximum atomic E-state index is 13.9. The van der Waals surface area contributed by atoms with Gasteiger partial charge in [-0.1, -0.05) is 77.5 Å². The van der Waals surface area contributed by atoms with Gasteiger partial charge in [-0.05, 0) is 54.7 Å². The average molecular weight is 714 g/mol. The van der Waals surface area contributed by atoms with E-state index in [0.717, 1.165) is 23.6 Å². The Kier molecular flexibility index (Phi) is 10.9. The van der Waals surface area contributed by atoms with Crippen molar-refractivity contribution in [3.05, 3.63) is 95.3 Å². The molecule has 0 bridgehead atoms. The van der Waals surface area contributed by atoms with Gasteiger partial charge in [0.05, 0.1) is 18.2 Å². The molecule has 1 fully saturated rings. The highest BCUT2D eigenvalue weighted by molar-refractivity contribution is 14.1. The number of hydrogen-bond donors (Lipinski definition) is 2. The van der Waals surface area contributed by atoms with E-state index >= 15 is 0 Å². The number of hydrogen-bond acceptors (Lipinski definition) is 5. The van der Waals surface area contributed by atoms with E-state index in [0.29, 0.717) is 23.0 Å². The van der Waals surface area contributed by atoms with Crippen LogP contribution in [0.5, 0.6) is 5.75 Å². The monoisotopic (exact) mass is 713 g/mol. The number of halogens is 5. The Hall–Kier alpha value is -3.42. The van der Waals surface area contributed by atoms with Crippen molar-refractivity contribution >= 4 is 34.6 Å². The van der Waals surface area contributed by atoms with Crippen LogP contribution in [0.1, 0.15) is 48.6 Å². The van der Waals surface area contributed by atoms with Crippen molar-refractivity contribution in [1.29, 1.82) is 0 Å². The van der Waals surface area contributed by atoms with Crippen LogP contribution in [-0.4, -0.2) is 42.2 Å². The minimum Gasteiger partial charge on any atom is -0.466 e. The van der Waals surface area contributed by atoms with Gasteiger partial charge >= 0.3 is 24.5 Å². The number of benzene rings is 2. The zero-order valence-electron chi connectivity index (χ0n) is 23.4. The predicted molar refractivity (Wildman–Crippen MR) is 160 cm³/mol. The quantitative estimate of drug-likeness (QED) is 0.0937. The molecule has 2 N–H and O–H groups in total. The van der Waals surface area contributed by atoms with Crippen molar-refractivity contribution in [3.8, 4) is 5.75 Å². The second kappa shape index (κ2) is 14.4. The molecule has 1 aromatic heterocycles. The number of carbonyl (C=O) groups excluding carboxylic acids is 2. The molecule has 0 saturated heterocycles. The third kappa shape index (κ3) is 7.95. The fraction of sp³-hybridized carbons (Fsp3) is 0.387. The molecule has 1 aliphatic rings. The summed E-state index contributed by atoms with van der Waals surface area (Å²) in [4.78, 5) is 30.9. The van der Waals surface area contributed by atoms with Gasteiger partial charge in [-0.2, -0.15) is 17.6 Å². The van der Waals surface area contributed by atoms with E-state index in [-0.39, 0.29) is 24.6 Å². The molecule has 1 heterocycles. The van der Waals surface area contributed by atoms with Crippen molar-refractivity contribution in [2.24, 2.45) is 5.92 Å². The number of carbonyl (C=O) groups is 2. The molecular formula is C31H32F4IN3O4. The van der Waals surface area contributed by atoms with Gasteiger partial charge in [0, 0.05) is 23.1 Å². The van der Waals surface area contributed by atoms with Crippen molar-refractivity contribution in [3.63, 3.8) is 0 Å².